The quantitative estimate of drug-likeness (QED) is 0.606. The van der Waals surface area contributed by atoms with Gasteiger partial charge in [0, 0.05) is 20.0 Å². The predicted octanol–water partition coefficient (Wildman–Crippen LogP) is 0.605. The summed E-state index contributed by atoms with van der Waals surface area (Å²) in [5, 5.41) is 0. The molecule has 4 nitrogen and oxygen atoms in total. The molecule has 0 atom stereocenters. The van der Waals surface area contributed by atoms with Gasteiger partial charge in [0.25, 0.3) is 0 Å². The van der Waals surface area contributed by atoms with E-state index in [0.29, 0.717) is 31.0 Å². The maximum absolute atomic E-state index is 10.1. The van der Waals surface area contributed by atoms with E-state index in [1.54, 1.807) is 7.11 Å². The van der Waals surface area contributed by atoms with E-state index in [2.05, 4.69) is 4.98 Å². The van der Waals surface area contributed by atoms with Crippen LogP contribution in [0.2, 0.25) is 0 Å². The molecule has 1 rings (SSSR count). The van der Waals surface area contributed by atoms with Crippen LogP contribution in [0.15, 0.2) is 10.7 Å². The Morgan fingerprint density at radius 1 is 1.75 bits per heavy atom. The van der Waals surface area contributed by atoms with Crippen molar-refractivity contribution in [3.8, 4) is 0 Å². The Bertz CT molecular complexity index is 244. The van der Waals surface area contributed by atoms with E-state index in [-0.39, 0.29) is 0 Å². The monoisotopic (exact) mass is 169 g/mol. The highest BCUT2D eigenvalue weighted by atomic mass is 16.5. The lowest BCUT2D eigenvalue weighted by atomic mass is 10.4. The number of oxazole rings is 1. The van der Waals surface area contributed by atoms with Crippen LogP contribution in [-0.2, 0) is 22.4 Å². The molecule has 0 spiro atoms. The smallest absolute Gasteiger partial charge is 0.196 e. The van der Waals surface area contributed by atoms with Gasteiger partial charge in [-0.25, -0.2) is 4.98 Å². The van der Waals surface area contributed by atoms with Gasteiger partial charge in [-0.05, 0) is 0 Å². The van der Waals surface area contributed by atoms with Crippen LogP contribution in [0.1, 0.15) is 11.6 Å². The highest BCUT2D eigenvalue weighted by molar-refractivity contribution is 5.53. The fourth-order valence-corrected chi connectivity index (χ4v) is 0.832. The third-order valence-corrected chi connectivity index (χ3v) is 1.41. The first-order valence-electron chi connectivity index (χ1n) is 3.72. The van der Waals surface area contributed by atoms with Crippen molar-refractivity contribution in [2.24, 2.45) is 0 Å². The van der Waals surface area contributed by atoms with Gasteiger partial charge in [0.05, 0.1) is 12.3 Å². The Morgan fingerprint density at radius 3 is 3.25 bits per heavy atom. The molecular weight excluding hydrogens is 158 g/mol. The fraction of sp³-hybridized carbons (Fsp3) is 0.500. The molecule has 0 aliphatic heterocycles. The van der Waals surface area contributed by atoms with Gasteiger partial charge in [-0.2, -0.15) is 0 Å². The number of rotatable bonds is 5. The predicted molar refractivity (Wildman–Crippen MR) is 41.9 cm³/mol. The minimum absolute atomic E-state index is 0.316. The van der Waals surface area contributed by atoms with Crippen LogP contribution in [0.3, 0.4) is 0 Å². The number of carbonyl (C=O) groups is 1. The first-order valence-corrected chi connectivity index (χ1v) is 3.72. The summed E-state index contributed by atoms with van der Waals surface area (Å²) in [6.07, 6.45) is 3.27. The number of carbonyl (C=O) groups excluding carboxylic acids is 1. The van der Waals surface area contributed by atoms with Gasteiger partial charge < -0.3 is 13.9 Å². The first-order chi connectivity index (χ1) is 5.86. The number of hydrogen-bond acceptors (Lipinski definition) is 4. The molecule has 0 aliphatic carbocycles. The summed E-state index contributed by atoms with van der Waals surface area (Å²) < 4.78 is 9.91. The van der Waals surface area contributed by atoms with Crippen LogP contribution in [-0.4, -0.2) is 25.0 Å². The van der Waals surface area contributed by atoms with Gasteiger partial charge in [-0.1, -0.05) is 0 Å². The maximum atomic E-state index is 10.1. The fourth-order valence-electron chi connectivity index (χ4n) is 0.832. The van der Waals surface area contributed by atoms with E-state index in [0.717, 1.165) is 6.29 Å². The molecule has 0 bridgehead atoms. The molecule has 0 saturated heterocycles. The van der Waals surface area contributed by atoms with Gasteiger partial charge in [-0.15, -0.1) is 0 Å². The SMILES string of the molecule is COCCc1nc(CC=O)co1. The molecule has 1 aromatic rings. The van der Waals surface area contributed by atoms with Gasteiger partial charge >= 0.3 is 0 Å². The third kappa shape index (κ3) is 2.47. The van der Waals surface area contributed by atoms with E-state index < -0.39 is 0 Å². The molecule has 0 fully saturated rings. The zero-order valence-electron chi connectivity index (χ0n) is 6.95. The van der Waals surface area contributed by atoms with Crippen molar-refractivity contribution < 1.29 is 13.9 Å². The van der Waals surface area contributed by atoms with E-state index >= 15 is 0 Å². The summed E-state index contributed by atoms with van der Waals surface area (Å²) in [5.74, 6) is 0.619. The summed E-state index contributed by atoms with van der Waals surface area (Å²) in [6, 6.07) is 0. The number of ether oxygens (including phenoxy) is 1. The van der Waals surface area contributed by atoms with Gasteiger partial charge in [-0.3, -0.25) is 0 Å². The summed E-state index contributed by atoms with van der Waals surface area (Å²) in [5.41, 5.74) is 0.677. The number of hydrogen-bond donors (Lipinski definition) is 0. The largest absolute Gasteiger partial charge is 0.449 e. The molecule has 0 N–H and O–H groups in total. The third-order valence-electron chi connectivity index (χ3n) is 1.41. The Hall–Kier alpha value is -1.16. The Morgan fingerprint density at radius 2 is 2.58 bits per heavy atom. The van der Waals surface area contributed by atoms with Crippen LogP contribution in [0.25, 0.3) is 0 Å². The van der Waals surface area contributed by atoms with E-state index in [1.807, 2.05) is 0 Å². The Labute approximate surface area is 70.5 Å². The van der Waals surface area contributed by atoms with Crippen LogP contribution in [0.4, 0.5) is 0 Å². The molecule has 0 radical (unpaired) electrons. The van der Waals surface area contributed by atoms with Gasteiger partial charge in [0.2, 0.25) is 0 Å². The summed E-state index contributed by atoms with van der Waals surface area (Å²) >= 11 is 0. The minimum atomic E-state index is 0.316. The normalized spacial score (nSPS) is 10.1. The molecule has 0 saturated carbocycles. The topological polar surface area (TPSA) is 52.3 Å². The zero-order chi connectivity index (χ0) is 8.81. The standard InChI is InChI=1S/C8H11NO3/c1-11-5-3-8-9-7(2-4-10)6-12-8/h4,6H,2-3,5H2,1H3. The minimum Gasteiger partial charge on any atom is -0.449 e. The maximum Gasteiger partial charge on any atom is 0.196 e. The number of aromatic nitrogens is 1. The second kappa shape index (κ2) is 4.66. The van der Waals surface area contributed by atoms with Crippen LogP contribution in [0, 0.1) is 0 Å². The van der Waals surface area contributed by atoms with Crippen molar-refractivity contribution in [2.75, 3.05) is 13.7 Å². The second-order valence-electron chi connectivity index (χ2n) is 2.35. The zero-order valence-corrected chi connectivity index (χ0v) is 6.95. The Kier molecular flexibility index (Phi) is 3.47. The second-order valence-corrected chi connectivity index (χ2v) is 2.35. The van der Waals surface area contributed by atoms with Crippen LogP contribution < -0.4 is 0 Å². The van der Waals surface area contributed by atoms with Crippen molar-refractivity contribution in [1.29, 1.82) is 0 Å². The highest BCUT2D eigenvalue weighted by Gasteiger charge is 2.01. The highest BCUT2D eigenvalue weighted by Crippen LogP contribution is 2.02. The number of methoxy groups -OCH3 is 1. The Balaban J connectivity index is 2.46. The summed E-state index contributed by atoms with van der Waals surface area (Å²) in [4.78, 5) is 14.2. The van der Waals surface area contributed by atoms with Crippen molar-refractivity contribution in [3.63, 3.8) is 0 Å². The molecule has 66 valence electrons. The summed E-state index contributed by atoms with van der Waals surface area (Å²) in [7, 11) is 1.62. The van der Waals surface area contributed by atoms with E-state index in [4.69, 9.17) is 9.15 Å². The lowest BCUT2D eigenvalue weighted by Gasteiger charge is -1.91. The van der Waals surface area contributed by atoms with E-state index in [9.17, 15) is 4.79 Å². The molecule has 12 heavy (non-hydrogen) atoms. The van der Waals surface area contributed by atoms with E-state index in [1.165, 1.54) is 6.26 Å². The van der Waals surface area contributed by atoms with Gasteiger partial charge in [0.15, 0.2) is 5.89 Å². The molecule has 0 aromatic carbocycles. The van der Waals surface area contributed by atoms with Crippen molar-refractivity contribution in [3.05, 3.63) is 17.8 Å². The van der Waals surface area contributed by atoms with Crippen LogP contribution in [0.5, 0.6) is 0 Å². The van der Waals surface area contributed by atoms with Gasteiger partial charge in [0.1, 0.15) is 12.5 Å². The molecule has 0 amide bonds. The lowest BCUT2D eigenvalue weighted by molar-refractivity contribution is -0.107. The molecular formula is C8H11NO3. The lowest BCUT2D eigenvalue weighted by Crippen LogP contribution is -1.95. The van der Waals surface area contributed by atoms with Crippen molar-refractivity contribution in [2.45, 2.75) is 12.8 Å². The van der Waals surface area contributed by atoms with Crippen LogP contribution >= 0.6 is 0 Å². The molecule has 0 unspecified atom stereocenters. The van der Waals surface area contributed by atoms with Crippen molar-refractivity contribution >= 4 is 6.29 Å². The number of nitrogens with zero attached hydrogens (tertiary/aromatic N) is 1. The molecule has 1 aromatic heterocycles. The molecule has 0 aliphatic rings. The molecule has 1 heterocycles. The van der Waals surface area contributed by atoms with Crippen molar-refractivity contribution in [1.82, 2.24) is 4.98 Å². The number of aldehydes is 1. The first kappa shape index (κ1) is 8.93. The average molecular weight is 169 g/mol. The summed E-state index contributed by atoms with van der Waals surface area (Å²) in [6.45, 7) is 0.584. The average Bonchev–Trinajstić information content (AvgIpc) is 2.50. The molecule has 4 heteroatoms.